The van der Waals surface area contributed by atoms with Crippen LogP contribution in [0.5, 0.6) is 0 Å². The van der Waals surface area contributed by atoms with Gasteiger partial charge in [-0.1, -0.05) is 33.5 Å². The van der Waals surface area contributed by atoms with Crippen LogP contribution in [0.3, 0.4) is 0 Å². The van der Waals surface area contributed by atoms with Gasteiger partial charge in [-0.2, -0.15) is 4.31 Å². The Kier molecular flexibility index (Phi) is 8.71. The Hall–Kier alpha value is -2.02. The molecule has 0 spiro atoms. The van der Waals surface area contributed by atoms with E-state index < -0.39 is 24.1 Å². The van der Waals surface area contributed by atoms with Gasteiger partial charge in [0.05, 0.1) is 11.9 Å². The number of nitrogens with one attached hydrogen (secondary N) is 2. The minimum absolute atomic E-state index is 0.0571. The summed E-state index contributed by atoms with van der Waals surface area (Å²) < 4.78 is 34.3. The molecule has 1 aliphatic rings. The van der Waals surface area contributed by atoms with E-state index in [-0.39, 0.29) is 24.3 Å². The highest BCUT2D eigenvalue weighted by atomic mass is 32.2. The van der Waals surface area contributed by atoms with Crippen LogP contribution in [-0.2, 0) is 21.5 Å². The number of ether oxygens (including phenoxy) is 1. The Bertz CT molecular complexity index is 1080. The highest BCUT2D eigenvalue weighted by Crippen LogP contribution is 2.17. The SMILES string of the molecule is CC(C)CS(=O)(=O)N1CCC[C@@H](NC(=O)Nc2cnc3c(ccn3COCC[Si](C)(C)C)n2)C1. The minimum atomic E-state index is -3.32. The van der Waals surface area contributed by atoms with E-state index in [9.17, 15) is 13.2 Å². The van der Waals surface area contributed by atoms with Crippen LogP contribution in [0.2, 0.25) is 25.7 Å². The Balaban J connectivity index is 1.53. The van der Waals surface area contributed by atoms with E-state index in [1.54, 1.807) is 0 Å². The first kappa shape index (κ1) is 26.6. The summed E-state index contributed by atoms with van der Waals surface area (Å²) >= 11 is 0. The molecular formula is C22H38N6O4SSi. The third-order valence-electron chi connectivity index (χ3n) is 5.59. The molecule has 12 heteroatoms. The summed E-state index contributed by atoms with van der Waals surface area (Å²) in [6.07, 6.45) is 4.83. The van der Waals surface area contributed by atoms with Crippen LogP contribution in [-0.4, -0.2) is 72.9 Å². The number of nitrogens with zero attached hydrogens (tertiary/aromatic N) is 4. The summed E-state index contributed by atoms with van der Waals surface area (Å²) in [6.45, 7) is 12.6. The molecule has 0 aromatic carbocycles. The summed E-state index contributed by atoms with van der Waals surface area (Å²) in [6, 6.07) is 2.27. The van der Waals surface area contributed by atoms with E-state index in [0.717, 1.165) is 19.1 Å². The van der Waals surface area contributed by atoms with Crippen molar-refractivity contribution in [2.24, 2.45) is 5.92 Å². The van der Waals surface area contributed by atoms with Crippen molar-refractivity contribution in [2.75, 3.05) is 30.8 Å². The molecule has 10 nitrogen and oxygen atoms in total. The van der Waals surface area contributed by atoms with Crippen molar-refractivity contribution in [3.05, 3.63) is 18.5 Å². The molecule has 0 saturated carbocycles. The molecule has 34 heavy (non-hydrogen) atoms. The first-order valence-electron chi connectivity index (χ1n) is 11.9. The number of carbonyl (C=O) groups excluding carboxylic acids is 1. The molecule has 0 unspecified atom stereocenters. The summed E-state index contributed by atoms with van der Waals surface area (Å²) in [7, 11) is -4.45. The maximum atomic E-state index is 12.5. The Labute approximate surface area is 203 Å². The fourth-order valence-electron chi connectivity index (χ4n) is 3.84. The van der Waals surface area contributed by atoms with Crippen LogP contribution in [0.25, 0.3) is 11.2 Å². The Morgan fingerprint density at radius 3 is 2.79 bits per heavy atom. The quantitative estimate of drug-likeness (QED) is 0.374. The minimum Gasteiger partial charge on any atom is -0.361 e. The van der Waals surface area contributed by atoms with Crippen molar-refractivity contribution >= 4 is 41.1 Å². The zero-order chi connectivity index (χ0) is 24.9. The Morgan fingerprint density at radius 1 is 1.32 bits per heavy atom. The predicted molar refractivity (Wildman–Crippen MR) is 137 cm³/mol. The first-order chi connectivity index (χ1) is 15.9. The number of urea groups is 1. The Morgan fingerprint density at radius 2 is 2.09 bits per heavy atom. The van der Waals surface area contributed by atoms with E-state index in [4.69, 9.17) is 4.74 Å². The average molecular weight is 511 g/mol. The highest BCUT2D eigenvalue weighted by molar-refractivity contribution is 7.89. The molecule has 2 N–H and O–H groups in total. The highest BCUT2D eigenvalue weighted by Gasteiger charge is 2.30. The van der Waals surface area contributed by atoms with Gasteiger partial charge in [-0.25, -0.2) is 23.2 Å². The number of carbonyl (C=O) groups is 1. The predicted octanol–water partition coefficient (Wildman–Crippen LogP) is 3.32. The molecule has 0 bridgehead atoms. The third-order valence-corrected chi connectivity index (χ3v) is 9.50. The lowest BCUT2D eigenvalue weighted by Crippen LogP contribution is -2.51. The number of hydrogen-bond donors (Lipinski definition) is 2. The zero-order valence-electron chi connectivity index (χ0n) is 20.9. The molecule has 1 aliphatic heterocycles. The van der Waals surface area contributed by atoms with E-state index in [0.29, 0.717) is 36.7 Å². The molecular weight excluding hydrogens is 472 g/mol. The second-order valence-electron chi connectivity index (χ2n) is 10.6. The molecule has 0 radical (unpaired) electrons. The van der Waals surface area contributed by atoms with Crippen molar-refractivity contribution in [1.82, 2.24) is 24.2 Å². The second-order valence-corrected chi connectivity index (χ2v) is 18.2. The summed E-state index contributed by atoms with van der Waals surface area (Å²) in [5.74, 6) is 0.508. The first-order valence-corrected chi connectivity index (χ1v) is 17.2. The molecule has 2 aromatic rings. The standard InChI is InChI=1S/C22H38N6O4SSi/c1-17(2)15-33(30,31)28-9-6-7-18(14-28)24-22(29)26-20-13-23-21-19(25-20)8-10-27(21)16-32-11-12-34(3,4)5/h8,10,13,17-18H,6-7,9,11-12,14-16H2,1-5H3,(H2,24,25,26,29)/t18-/m1/s1. The van der Waals surface area contributed by atoms with E-state index >= 15 is 0 Å². The van der Waals surface area contributed by atoms with Crippen molar-refractivity contribution in [3.8, 4) is 0 Å². The molecule has 2 aromatic heterocycles. The van der Waals surface area contributed by atoms with Gasteiger partial charge in [0.25, 0.3) is 0 Å². The topological polar surface area (TPSA) is 118 Å². The number of hydrogen-bond acceptors (Lipinski definition) is 6. The van der Waals surface area contributed by atoms with Gasteiger partial charge in [0.15, 0.2) is 11.5 Å². The van der Waals surface area contributed by atoms with Crippen LogP contribution in [0.15, 0.2) is 18.5 Å². The number of piperidine rings is 1. The summed E-state index contributed by atoms with van der Waals surface area (Å²) in [5, 5.41) is 5.59. The van der Waals surface area contributed by atoms with Crippen molar-refractivity contribution < 1.29 is 17.9 Å². The lowest BCUT2D eigenvalue weighted by Gasteiger charge is -2.32. The van der Waals surface area contributed by atoms with Crippen molar-refractivity contribution in [3.63, 3.8) is 0 Å². The van der Waals surface area contributed by atoms with Gasteiger partial charge >= 0.3 is 6.03 Å². The van der Waals surface area contributed by atoms with Crippen molar-refractivity contribution in [1.29, 1.82) is 0 Å². The lowest BCUT2D eigenvalue weighted by molar-refractivity contribution is 0.0899. The zero-order valence-corrected chi connectivity index (χ0v) is 22.7. The maximum absolute atomic E-state index is 12.5. The van der Waals surface area contributed by atoms with Gasteiger partial charge in [0.1, 0.15) is 12.2 Å². The van der Waals surface area contributed by atoms with Gasteiger partial charge in [0.2, 0.25) is 10.0 Å². The van der Waals surface area contributed by atoms with Gasteiger partial charge in [-0.15, -0.1) is 0 Å². The van der Waals surface area contributed by atoms with Crippen LogP contribution in [0.4, 0.5) is 10.6 Å². The number of aromatic nitrogens is 3. The van der Waals surface area contributed by atoms with E-state index in [1.807, 2.05) is 30.7 Å². The van der Waals surface area contributed by atoms with Gasteiger partial charge < -0.3 is 14.6 Å². The van der Waals surface area contributed by atoms with Crippen LogP contribution < -0.4 is 10.6 Å². The summed E-state index contributed by atoms with van der Waals surface area (Å²) in [4.78, 5) is 21.4. The van der Waals surface area contributed by atoms with E-state index in [1.165, 1.54) is 10.5 Å². The number of sulfonamides is 1. The van der Waals surface area contributed by atoms with Gasteiger partial charge in [-0.3, -0.25) is 5.32 Å². The second kappa shape index (κ2) is 11.1. The van der Waals surface area contributed by atoms with Gasteiger partial charge in [-0.05, 0) is 30.9 Å². The molecule has 3 heterocycles. The van der Waals surface area contributed by atoms with Crippen LogP contribution in [0, 0.1) is 5.92 Å². The van der Waals surface area contributed by atoms with E-state index in [2.05, 4.69) is 40.2 Å². The third kappa shape index (κ3) is 7.75. The largest absolute Gasteiger partial charge is 0.361 e. The monoisotopic (exact) mass is 510 g/mol. The fraction of sp³-hybridized carbons (Fsp3) is 0.682. The van der Waals surface area contributed by atoms with Crippen molar-refractivity contribution in [2.45, 2.75) is 65.1 Å². The summed E-state index contributed by atoms with van der Waals surface area (Å²) in [5.41, 5.74) is 1.35. The van der Waals surface area contributed by atoms with Gasteiger partial charge in [0, 0.05) is 40.0 Å². The normalized spacial score (nSPS) is 17.9. The maximum Gasteiger partial charge on any atom is 0.320 e. The number of amides is 2. The lowest BCUT2D eigenvalue weighted by atomic mass is 10.1. The molecule has 190 valence electrons. The number of rotatable bonds is 10. The molecule has 1 fully saturated rings. The molecule has 1 saturated heterocycles. The molecule has 0 aliphatic carbocycles. The molecule has 1 atom stereocenters. The number of fused-ring (bicyclic) bond motifs is 1. The molecule has 3 rings (SSSR count). The van der Waals surface area contributed by atoms with Crippen LogP contribution >= 0.6 is 0 Å². The van der Waals surface area contributed by atoms with Crippen LogP contribution in [0.1, 0.15) is 26.7 Å². The average Bonchev–Trinajstić information content (AvgIpc) is 3.12. The molecule has 2 amide bonds. The fourth-order valence-corrected chi connectivity index (χ4v) is 6.47. The number of anilines is 1. The smallest absolute Gasteiger partial charge is 0.320 e.